The van der Waals surface area contributed by atoms with Gasteiger partial charge in [0.25, 0.3) is 5.91 Å². The summed E-state index contributed by atoms with van der Waals surface area (Å²) >= 11 is 0. The van der Waals surface area contributed by atoms with Crippen molar-refractivity contribution in [2.24, 2.45) is 17.6 Å². The third-order valence-electron chi connectivity index (χ3n) is 9.70. The van der Waals surface area contributed by atoms with Crippen LogP contribution in [-0.4, -0.2) is 79.2 Å². The molecule has 5 atom stereocenters. The number of aliphatic hydroxyl groups excluding tert-OH is 3. The molecule has 1 saturated heterocycles. The zero-order valence-electron chi connectivity index (χ0n) is 23.1. The molecule has 1 aromatic rings. The highest BCUT2D eigenvalue weighted by Gasteiger charge is 2.65. The van der Waals surface area contributed by atoms with Crippen LogP contribution in [0.15, 0.2) is 29.0 Å². The number of amides is 1. The van der Waals surface area contributed by atoms with Crippen molar-refractivity contribution in [1.29, 1.82) is 0 Å². The summed E-state index contributed by atoms with van der Waals surface area (Å²) in [5.74, 6) is -8.43. The molecule has 0 unspecified atom stereocenters. The average Bonchev–Trinajstić information content (AvgIpc) is 3.39. The summed E-state index contributed by atoms with van der Waals surface area (Å²) in [6, 6.07) is 3.58. The molecule has 10 heteroatoms. The lowest BCUT2D eigenvalue weighted by Crippen LogP contribution is -2.63. The summed E-state index contributed by atoms with van der Waals surface area (Å²) in [5.41, 5.74) is 1.81. The van der Waals surface area contributed by atoms with Crippen LogP contribution in [0.3, 0.4) is 0 Å². The molecule has 5 rings (SSSR count). The van der Waals surface area contributed by atoms with Crippen LogP contribution in [0.5, 0.6) is 5.75 Å². The van der Waals surface area contributed by atoms with Crippen molar-refractivity contribution in [1.82, 2.24) is 4.90 Å². The van der Waals surface area contributed by atoms with E-state index >= 15 is 0 Å². The number of carbonyl (C=O) groups excluding carboxylic acids is 3. The van der Waals surface area contributed by atoms with Gasteiger partial charge in [-0.2, -0.15) is 0 Å². The molecule has 1 saturated carbocycles. The fourth-order valence-electron chi connectivity index (χ4n) is 7.43. The van der Waals surface area contributed by atoms with Gasteiger partial charge in [-0.1, -0.05) is 32.9 Å². The smallest absolute Gasteiger partial charge is 0.255 e. The number of Topliss-reactive ketones (excluding diaryl/α,β-unsaturated/α-hetero) is 2. The van der Waals surface area contributed by atoms with Gasteiger partial charge in [0.05, 0.1) is 11.7 Å². The highest BCUT2D eigenvalue weighted by molar-refractivity contribution is 6.23. The molecule has 1 aromatic carbocycles. The number of aliphatic hydroxyl groups is 4. The van der Waals surface area contributed by atoms with Gasteiger partial charge in [0, 0.05) is 29.4 Å². The highest BCUT2D eigenvalue weighted by Crippen LogP contribution is 2.56. The predicted molar refractivity (Wildman–Crippen MR) is 145 cm³/mol. The Morgan fingerprint density at radius 3 is 2.42 bits per heavy atom. The normalized spacial score (nSPS) is 30.8. The van der Waals surface area contributed by atoms with E-state index in [-0.39, 0.29) is 16.9 Å². The van der Waals surface area contributed by atoms with Crippen LogP contribution in [0.2, 0.25) is 0 Å². The lowest BCUT2D eigenvalue weighted by atomic mass is 9.55. The van der Waals surface area contributed by atoms with E-state index in [9.17, 15) is 39.9 Å². The van der Waals surface area contributed by atoms with Crippen molar-refractivity contribution in [3.8, 4) is 5.75 Å². The molecule has 1 amide bonds. The number of hydrogen-bond donors (Lipinski definition) is 6. The minimum atomic E-state index is -2.84. The predicted octanol–water partition coefficient (Wildman–Crippen LogP) is 2.11. The molecule has 7 N–H and O–H groups in total. The first kappa shape index (κ1) is 28.3. The van der Waals surface area contributed by atoms with Gasteiger partial charge in [0.15, 0.2) is 11.4 Å². The van der Waals surface area contributed by atoms with Crippen LogP contribution in [0, 0.1) is 11.8 Å². The molecule has 1 heterocycles. The Hall–Kier alpha value is -3.21. The maximum absolute atomic E-state index is 13.8. The molecule has 2 fully saturated rings. The van der Waals surface area contributed by atoms with Crippen LogP contribution < -0.4 is 5.73 Å². The number of benzene rings is 1. The number of nitrogens with zero attached hydrogens (tertiary/aromatic N) is 1. The van der Waals surface area contributed by atoms with Crippen molar-refractivity contribution in [3.63, 3.8) is 0 Å². The monoisotopic (exact) mass is 554 g/mol. The number of primary amides is 1. The van der Waals surface area contributed by atoms with Crippen LogP contribution in [0.25, 0.3) is 5.76 Å². The Balaban J connectivity index is 1.58. The van der Waals surface area contributed by atoms with Gasteiger partial charge in [0.2, 0.25) is 5.78 Å². The van der Waals surface area contributed by atoms with E-state index < -0.39 is 75.9 Å². The summed E-state index contributed by atoms with van der Waals surface area (Å²) in [5, 5.41) is 56.6. The number of ketones is 2. The number of aromatic hydroxyl groups is 1. The quantitative estimate of drug-likeness (QED) is 0.287. The number of carbonyl (C=O) groups is 3. The lowest BCUT2D eigenvalue weighted by molar-refractivity contribution is -0.160. The second kappa shape index (κ2) is 9.71. The number of likely N-dealkylation sites (tertiary alicyclic amines) is 1. The molecule has 40 heavy (non-hydrogen) atoms. The number of phenols is 1. The van der Waals surface area contributed by atoms with Gasteiger partial charge in [0.1, 0.15) is 22.8 Å². The van der Waals surface area contributed by atoms with Crippen molar-refractivity contribution in [2.45, 2.75) is 75.9 Å². The third kappa shape index (κ3) is 3.99. The fourth-order valence-corrected chi connectivity index (χ4v) is 7.43. The Labute approximate surface area is 232 Å². The lowest BCUT2D eigenvalue weighted by Gasteiger charge is -2.50. The average molecular weight is 555 g/mol. The molecule has 1 aliphatic heterocycles. The van der Waals surface area contributed by atoms with Crippen molar-refractivity contribution in [3.05, 3.63) is 45.7 Å². The summed E-state index contributed by atoms with van der Waals surface area (Å²) in [6.07, 6.45) is 1.98. The van der Waals surface area contributed by atoms with E-state index in [1.807, 2.05) is 19.9 Å². The number of hydrogen-bond acceptors (Lipinski definition) is 9. The van der Waals surface area contributed by atoms with Gasteiger partial charge in [-0.05, 0) is 62.2 Å². The van der Waals surface area contributed by atoms with E-state index in [4.69, 9.17) is 5.73 Å². The molecular weight excluding hydrogens is 516 g/mol. The molecule has 216 valence electrons. The fraction of sp³-hybridized carbons (Fsp3) is 0.567. The third-order valence-corrected chi connectivity index (χ3v) is 9.70. The van der Waals surface area contributed by atoms with E-state index in [1.54, 1.807) is 13.0 Å². The molecular formula is C30H38N2O8. The second-order valence-corrected chi connectivity index (χ2v) is 12.4. The molecule has 10 nitrogen and oxygen atoms in total. The maximum atomic E-state index is 13.8. The number of phenolic OH excluding ortho intramolecular Hbond substituents is 1. The summed E-state index contributed by atoms with van der Waals surface area (Å²) in [7, 11) is 0. The SMILES string of the molecule is C[C@H]1c2ccc(C(C)(C)CCCN3CCCC3)c(O)c2C(O)=C2C(=O)[C@]3(O)C(O)=C(C(N)=O)C(=O)C[C@@H]3[C@@H](O)[C@@H]21. The largest absolute Gasteiger partial charge is 0.508 e. The molecule has 3 aliphatic carbocycles. The number of rotatable bonds is 6. The van der Waals surface area contributed by atoms with Crippen molar-refractivity contribution < 1.29 is 39.9 Å². The Kier molecular flexibility index (Phi) is 6.88. The first-order chi connectivity index (χ1) is 18.7. The molecule has 4 aliphatic rings. The van der Waals surface area contributed by atoms with E-state index in [0.717, 1.165) is 32.5 Å². The summed E-state index contributed by atoms with van der Waals surface area (Å²) in [6.45, 7) is 8.89. The number of nitrogens with two attached hydrogens (primary N) is 1. The standard InChI is InChI=1S/C30H38N2O8/c1-14-15-7-8-16(29(2,3)9-6-12-32-10-4-5-11-32)23(34)20(15)25(36)22-19(14)24(35)17-13-18(33)21(28(31)39)26(37)30(17,40)27(22)38/h7-8,14,17,19,24,34-37,40H,4-6,9-13H2,1-3H3,(H2,31,39)/t14-,17+,19+,24+,30+/m0/s1. The first-order valence-electron chi connectivity index (χ1n) is 14.0. The van der Waals surface area contributed by atoms with Crippen molar-refractivity contribution in [2.75, 3.05) is 19.6 Å². The minimum absolute atomic E-state index is 0.0388. The zero-order chi connectivity index (χ0) is 29.3. The van der Waals surface area contributed by atoms with E-state index in [1.165, 1.54) is 12.8 Å². The Morgan fingerprint density at radius 2 is 1.80 bits per heavy atom. The van der Waals surface area contributed by atoms with E-state index in [0.29, 0.717) is 11.1 Å². The van der Waals surface area contributed by atoms with Crippen molar-refractivity contribution >= 4 is 23.2 Å². The van der Waals surface area contributed by atoms with Crippen LogP contribution in [-0.2, 0) is 19.8 Å². The van der Waals surface area contributed by atoms with Gasteiger partial charge in [-0.25, -0.2) is 0 Å². The first-order valence-corrected chi connectivity index (χ1v) is 14.0. The zero-order valence-corrected chi connectivity index (χ0v) is 23.1. The molecule has 0 bridgehead atoms. The van der Waals surface area contributed by atoms with Crippen LogP contribution in [0.4, 0.5) is 0 Å². The summed E-state index contributed by atoms with van der Waals surface area (Å²) < 4.78 is 0. The molecule has 0 aromatic heterocycles. The highest BCUT2D eigenvalue weighted by atomic mass is 16.4. The minimum Gasteiger partial charge on any atom is -0.508 e. The van der Waals surface area contributed by atoms with E-state index in [2.05, 4.69) is 4.90 Å². The Bertz CT molecular complexity index is 1360. The topological polar surface area (TPSA) is 182 Å². The van der Waals surface area contributed by atoms with Gasteiger partial charge >= 0.3 is 0 Å². The maximum Gasteiger partial charge on any atom is 0.255 e. The second-order valence-electron chi connectivity index (χ2n) is 12.4. The number of fused-ring (bicyclic) bond motifs is 3. The van der Waals surface area contributed by atoms with Crippen LogP contribution in [0.1, 0.15) is 75.5 Å². The molecule has 0 spiro atoms. The summed E-state index contributed by atoms with van der Waals surface area (Å²) in [4.78, 5) is 40.7. The van der Waals surface area contributed by atoms with Gasteiger partial charge in [-0.3, -0.25) is 14.4 Å². The molecule has 0 radical (unpaired) electrons. The van der Waals surface area contributed by atoms with Gasteiger partial charge in [-0.15, -0.1) is 0 Å². The van der Waals surface area contributed by atoms with Gasteiger partial charge < -0.3 is 36.2 Å². The van der Waals surface area contributed by atoms with Crippen LogP contribution >= 0.6 is 0 Å². The Morgan fingerprint density at radius 1 is 1.15 bits per heavy atom.